The topological polar surface area (TPSA) is 118 Å². The van der Waals surface area contributed by atoms with Gasteiger partial charge < -0.3 is 15.2 Å². The molecule has 0 spiro atoms. The molecule has 7 nitrogen and oxygen atoms in total. The molecule has 0 aliphatic heterocycles. The molecule has 2 heterocycles. The Balaban J connectivity index is 1.65. The van der Waals surface area contributed by atoms with E-state index in [1.807, 2.05) is 36.4 Å². The Morgan fingerprint density at radius 1 is 1.09 bits per heavy atom. The van der Waals surface area contributed by atoms with Crippen molar-refractivity contribution in [2.75, 3.05) is 12.8 Å². The first-order valence-corrected chi connectivity index (χ1v) is 11.1. The maximum atomic E-state index is 9.93. The molecule has 0 radical (unpaired) electrons. The van der Waals surface area contributed by atoms with Gasteiger partial charge in [0, 0.05) is 30.8 Å². The fourth-order valence-electron chi connectivity index (χ4n) is 3.54. The molecule has 32 heavy (non-hydrogen) atoms. The van der Waals surface area contributed by atoms with Crippen LogP contribution < -0.4 is 10.5 Å². The van der Waals surface area contributed by atoms with Gasteiger partial charge in [0.25, 0.3) is 0 Å². The monoisotopic (exact) mass is 443 g/mol. The molecule has 160 valence electrons. The minimum atomic E-state index is 0.0437. The van der Waals surface area contributed by atoms with E-state index in [-0.39, 0.29) is 23.6 Å². The molecular formula is C24H21N5O2S. The standard InChI is InChI=1S/C24H21N5O2S/c1-30-20-8-9-21(20)31-17-6-4-16(5-7-17)22-18(11-25)23(27)29-24(19(22)12-26)32-14-15-3-2-10-28-13-15/h2-7,10,13,20-21H,8-9,14H2,1H3,(H2,27,29)/t20-,21-/m0/s1. The summed E-state index contributed by atoms with van der Waals surface area (Å²) in [6, 6.07) is 15.5. The summed E-state index contributed by atoms with van der Waals surface area (Å²) >= 11 is 1.39. The van der Waals surface area contributed by atoms with Crippen LogP contribution in [0.15, 0.2) is 53.8 Å². The van der Waals surface area contributed by atoms with Crippen LogP contribution >= 0.6 is 11.8 Å². The molecule has 4 rings (SSSR count). The first kappa shape index (κ1) is 21.6. The van der Waals surface area contributed by atoms with Crippen LogP contribution in [-0.2, 0) is 10.5 Å². The normalized spacial score (nSPS) is 17.1. The van der Waals surface area contributed by atoms with Crippen molar-refractivity contribution in [3.05, 3.63) is 65.5 Å². The Labute approximate surface area is 190 Å². The number of hydrogen-bond donors (Lipinski definition) is 1. The molecule has 0 amide bonds. The zero-order valence-electron chi connectivity index (χ0n) is 17.5. The largest absolute Gasteiger partial charge is 0.488 e. The molecular weight excluding hydrogens is 422 g/mol. The zero-order valence-corrected chi connectivity index (χ0v) is 18.3. The molecule has 3 aromatic rings. The lowest BCUT2D eigenvalue weighted by Gasteiger charge is -2.35. The summed E-state index contributed by atoms with van der Waals surface area (Å²) in [6.07, 6.45) is 5.58. The minimum Gasteiger partial charge on any atom is -0.488 e. The van der Waals surface area contributed by atoms with Gasteiger partial charge in [0.05, 0.1) is 11.7 Å². The summed E-state index contributed by atoms with van der Waals surface area (Å²) in [6.45, 7) is 0. The van der Waals surface area contributed by atoms with E-state index < -0.39 is 0 Å². The maximum Gasteiger partial charge on any atom is 0.143 e. The van der Waals surface area contributed by atoms with Crippen molar-refractivity contribution in [3.8, 4) is 29.0 Å². The number of aromatic nitrogens is 2. The highest BCUT2D eigenvalue weighted by atomic mass is 32.2. The summed E-state index contributed by atoms with van der Waals surface area (Å²) in [5.41, 5.74) is 8.83. The van der Waals surface area contributed by atoms with Crippen LogP contribution in [0.3, 0.4) is 0 Å². The summed E-state index contributed by atoms with van der Waals surface area (Å²) in [4.78, 5) is 8.46. The molecule has 8 heteroatoms. The molecule has 0 bridgehead atoms. The molecule has 2 N–H and O–H groups in total. The van der Waals surface area contributed by atoms with Crippen LogP contribution in [0.2, 0.25) is 0 Å². The van der Waals surface area contributed by atoms with Gasteiger partial charge in [-0.05, 0) is 42.2 Å². The predicted molar refractivity (Wildman–Crippen MR) is 122 cm³/mol. The molecule has 1 fully saturated rings. The number of nitriles is 2. The molecule has 0 saturated heterocycles. The second kappa shape index (κ2) is 9.69. The summed E-state index contributed by atoms with van der Waals surface area (Å²) in [5.74, 6) is 1.40. The van der Waals surface area contributed by atoms with E-state index in [0.29, 0.717) is 33.2 Å². The third kappa shape index (κ3) is 4.38. The minimum absolute atomic E-state index is 0.0437. The number of nitrogens with two attached hydrogens (primary N) is 1. The third-order valence-electron chi connectivity index (χ3n) is 5.40. The van der Waals surface area contributed by atoms with Gasteiger partial charge in [0.2, 0.25) is 0 Å². The Bertz CT molecular complexity index is 1180. The Kier molecular flexibility index (Phi) is 6.55. The number of benzene rings is 1. The van der Waals surface area contributed by atoms with Crippen molar-refractivity contribution in [1.29, 1.82) is 10.5 Å². The van der Waals surface area contributed by atoms with Gasteiger partial charge in [-0.15, -0.1) is 11.8 Å². The van der Waals surface area contributed by atoms with E-state index in [4.69, 9.17) is 15.2 Å². The number of methoxy groups -OCH3 is 1. The van der Waals surface area contributed by atoms with Gasteiger partial charge in [-0.3, -0.25) is 4.98 Å². The highest BCUT2D eigenvalue weighted by Crippen LogP contribution is 2.37. The number of pyridine rings is 2. The first-order valence-electron chi connectivity index (χ1n) is 10.1. The summed E-state index contributed by atoms with van der Waals surface area (Å²) < 4.78 is 11.4. The maximum absolute atomic E-state index is 9.93. The molecule has 1 aromatic carbocycles. The van der Waals surface area contributed by atoms with Crippen molar-refractivity contribution < 1.29 is 9.47 Å². The average Bonchev–Trinajstić information content (AvgIpc) is 2.81. The fraction of sp³-hybridized carbons (Fsp3) is 0.250. The lowest BCUT2D eigenvalue weighted by molar-refractivity contribution is -0.0625. The van der Waals surface area contributed by atoms with E-state index in [2.05, 4.69) is 22.1 Å². The molecule has 1 aliphatic rings. The van der Waals surface area contributed by atoms with Gasteiger partial charge >= 0.3 is 0 Å². The highest BCUT2D eigenvalue weighted by molar-refractivity contribution is 7.98. The van der Waals surface area contributed by atoms with Gasteiger partial charge in [-0.2, -0.15) is 10.5 Å². The first-order chi connectivity index (χ1) is 15.6. The van der Waals surface area contributed by atoms with Crippen molar-refractivity contribution in [1.82, 2.24) is 9.97 Å². The molecule has 2 aromatic heterocycles. The number of nitrogens with zero attached hydrogens (tertiary/aromatic N) is 4. The van der Waals surface area contributed by atoms with Gasteiger partial charge in [-0.1, -0.05) is 18.2 Å². The van der Waals surface area contributed by atoms with Crippen LogP contribution in [0.25, 0.3) is 11.1 Å². The van der Waals surface area contributed by atoms with Crippen molar-refractivity contribution in [2.24, 2.45) is 0 Å². The Morgan fingerprint density at radius 3 is 2.44 bits per heavy atom. The summed E-state index contributed by atoms with van der Waals surface area (Å²) in [5, 5.41) is 20.1. The molecule has 2 atom stereocenters. The SMILES string of the molecule is CO[C@H]1CC[C@@H]1Oc1ccc(-c2c(C#N)c(N)nc(SCc3cccnc3)c2C#N)cc1. The predicted octanol–water partition coefficient (Wildman–Crippen LogP) is 4.32. The number of hydrogen-bond acceptors (Lipinski definition) is 8. The zero-order chi connectivity index (χ0) is 22.5. The van der Waals surface area contributed by atoms with E-state index >= 15 is 0 Å². The third-order valence-corrected chi connectivity index (χ3v) is 6.44. The van der Waals surface area contributed by atoms with E-state index in [9.17, 15) is 10.5 Å². The molecule has 1 aliphatic carbocycles. The quantitative estimate of drug-likeness (QED) is 0.537. The van der Waals surface area contributed by atoms with Gasteiger partial charge in [-0.25, -0.2) is 4.98 Å². The number of anilines is 1. The van der Waals surface area contributed by atoms with Crippen LogP contribution in [0.5, 0.6) is 5.75 Å². The fourth-order valence-corrected chi connectivity index (χ4v) is 4.47. The Morgan fingerprint density at radius 2 is 1.84 bits per heavy atom. The average molecular weight is 444 g/mol. The van der Waals surface area contributed by atoms with Crippen LogP contribution in [0, 0.1) is 22.7 Å². The van der Waals surface area contributed by atoms with Crippen LogP contribution in [-0.4, -0.2) is 29.3 Å². The number of nitrogen functional groups attached to an aromatic ring is 1. The van der Waals surface area contributed by atoms with Crippen molar-refractivity contribution >= 4 is 17.6 Å². The lowest BCUT2D eigenvalue weighted by Crippen LogP contribution is -2.42. The van der Waals surface area contributed by atoms with E-state index in [0.717, 1.165) is 18.4 Å². The molecule has 1 saturated carbocycles. The van der Waals surface area contributed by atoms with E-state index in [1.54, 1.807) is 19.5 Å². The second-order valence-electron chi connectivity index (χ2n) is 7.33. The lowest BCUT2D eigenvalue weighted by atomic mass is 9.91. The van der Waals surface area contributed by atoms with Crippen molar-refractivity contribution in [2.45, 2.75) is 35.8 Å². The van der Waals surface area contributed by atoms with E-state index in [1.165, 1.54) is 11.8 Å². The summed E-state index contributed by atoms with van der Waals surface area (Å²) in [7, 11) is 1.69. The Hall–Kier alpha value is -3.59. The van der Waals surface area contributed by atoms with Crippen molar-refractivity contribution in [3.63, 3.8) is 0 Å². The second-order valence-corrected chi connectivity index (χ2v) is 8.30. The highest BCUT2D eigenvalue weighted by Gasteiger charge is 2.32. The van der Waals surface area contributed by atoms with Gasteiger partial charge in [0.15, 0.2) is 0 Å². The number of rotatable bonds is 7. The number of ether oxygens (including phenoxy) is 2. The van der Waals surface area contributed by atoms with Crippen LogP contribution in [0.1, 0.15) is 29.5 Å². The smallest absolute Gasteiger partial charge is 0.143 e. The molecule has 0 unspecified atom stereocenters. The number of thioether (sulfide) groups is 1. The van der Waals surface area contributed by atoms with Gasteiger partial charge in [0.1, 0.15) is 40.4 Å². The van der Waals surface area contributed by atoms with Crippen LogP contribution in [0.4, 0.5) is 5.82 Å².